The fourth-order valence-electron chi connectivity index (χ4n) is 4.28. The molecule has 2 aliphatic rings. The molecule has 7 nitrogen and oxygen atoms in total. The van der Waals surface area contributed by atoms with Crippen LogP contribution in [-0.4, -0.2) is 63.4 Å². The van der Waals surface area contributed by atoms with E-state index in [1.807, 2.05) is 37.1 Å². The van der Waals surface area contributed by atoms with Crippen LogP contribution in [0.5, 0.6) is 0 Å². The number of pyridine rings is 1. The summed E-state index contributed by atoms with van der Waals surface area (Å²) in [6.07, 6.45) is 6.26. The molecule has 1 amide bonds. The number of carbonyl (C=O) groups excluding carboxylic acids is 1. The first-order valence-corrected chi connectivity index (χ1v) is 10.6. The van der Waals surface area contributed by atoms with Gasteiger partial charge in [0.2, 0.25) is 11.9 Å². The van der Waals surface area contributed by atoms with Crippen LogP contribution in [0.3, 0.4) is 0 Å². The molecule has 1 N–H and O–H groups in total. The summed E-state index contributed by atoms with van der Waals surface area (Å²) in [6.45, 7) is 8.29. The summed E-state index contributed by atoms with van der Waals surface area (Å²) in [5.74, 6) is 1.36. The predicted octanol–water partition coefficient (Wildman–Crippen LogP) is 3.03. The number of anilines is 2. The number of aryl methyl sites for hydroxylation is 2. The maximum absolute atomic E-state index is 12.3. The molecule has 2 saturated heterocycles. The molecule has 4 heterocycles. The smallest absolute Gasteiger partial charge is 0.236 e. The van der Waals surface area contributed by atoms with E-state index in [9.17, 15) is 4.79 Å². The van der Waals surface area contributed by atoms with Crippen molar-refractivity contribution in [3.8, 4) is 0 Å². The zero-order valence-corrected chi connectivity index (χ0v) is 17.4. The van der Waals surface area contributed by atoms with Crippen molar-refractivity contribution < 1.29 is 4.79 Å². The maximum Gasteiger partial charge on any atom is 0.236 e. The highest BCUT2D eigenvalue weighted by molar-refractivity contribution is 5.78. The van der Waals surface area contributed by atoms with Gasteiger partial charge in [-0.15, -0.1) is 0 Å². The molecular formula is C22H30N6O. The number of nitrogens with zero attached hydrogens (tertiary/aromatic N) is 5. The molecule has 7 heteroatoms. The Labute approximate surface area is 172 Å². The molecule has 0 spiro atoms. The van der Waals surface area contributed by atoms with Gasteiger partial charge in [0, 0.05) is 36.1 Å². The third-order valence-corrected chi connectivity index (χ3v) is 5.85. The molecule has 0 radical (unpaired) electrons. The summed E-state index contributed by atoms with van der Waals surface area (Å²) in [5, 5.41) is 3.24. The molecule has 0 bridgehead atoms. The third kappa shape index (κ3) is 5.09. The monoisotopic (exact) mass is 394 g/mol. The summed E-state index contributed by atoms with van der Waals surface area (Å²) in [7, 11) is 0. The highest BCUT2D eigenvalue weighted by Gasteiger charge is 2.25. The number of hydrogen-bond acceptors (Lipinski definition) is 6. The van der Waals surface area contributed by atoms with Gasteiger partial charge >= 0.3 is 0 Å². The van der Waals surface area contributed by atoms with Gasteiger partial charge < -0.3 is 10.2 Å². The molecule has 0 saturated carbocycles. The van der Waals surface area contributed by atoms with E-state index in [4.69, 9.17) is 0 Å². The number of nitrogens with one attached hydrogen (secondary N) is 1. The van der Waals surface area contributed by atoms with Crippen molar-refractivity contribution in [1.29, 1.82) is 0 Å². The molecule has 0 aromatic carbocycles. The SMILES string of the molecule is Cc1cc(C)nc(Nc2ccc(C3CCN(CC(=O)N4CCCC4)CC3)nc2)n1. The van der Waals surface area contributed by atoms with Crippen molar-refractivity contribution in [3.63, 3.8) is 0 Å². The van der Waals surface area contributed by atoms with Gasteiger partial charge in [-0.05, 0) is 70.8 Å². The zero-order chi connectivity index (χ0) is 20.2. The van der Waals surface area contributed by atoms with Crippen LogP contribution in [0.25, 0.3) is 0 Å². The number of amides is 1. The van der Waals surface area contributed by atoms with Gasteiger partial charge in [-0.3, -0.25) is 14.7 Å². The molecule has 0 unspecified atom stereocenters. The number of carbonyl (C=O) groups is 1. The Bertz CT molecular complexity index is 819. The van der Waals surface area contributed by atoms with Gasteiger partial charge in [-0.25, -0.2) is 9.97 Å². The van der Waals surface area contributed by atoms with Gasteiger partial charge in [0.1, 0.15) is 0 Å². The lowest BCUT2D eigenvalue weighted by atomic mass is 9.93. The Morgan fingerprint density at radius 2 is 1.76 bits per heavy atom. The van der Waals surface area contributed by atoms with Gasteiger partial charge in [0.25, 0.3) is 0 Å². The number of aromatic nitrogens is 3. The fraction of sp³-hybridized carbons (Fsp3) is 0.545. The van der Waals surface area contributed by atoms with E-state index in [0.717, 1.165) is 74.6 Å². The average Bonchev–Trinajstić information content (AvgIpc) is 3.23. The number of rotatable bonds is 5. The van der Waals surface area contributed by atoms with Crippen LogP contribution >= 0.6 is 0 Å². The molecule has 29 heavy (non-hydrogen) atoms. The molecular weight excluding hydrogens is 364 g/mol. The minimum absolute atomic E-state index is 0.295. The molecule has 0 atom stereocenters. The van der Waals surface area contributed by atoms with Crippen LogP contribution in [0.15, 0.2) is 24.4 Å². The van der Waals surface area contributed by atoms with E-state index in [2.05, 4.69) is 31.2 Å². The van der Waals surface area contributed by atoms with E-state index >= 15 is 0 Å². The van der Waals surface area contributed by atoms with Gasteiger partial charge in [-0.1, -0.05) is 0 Å². The van der Waals surface area contributed by atoms with Crippen molar-refractivity contribution in [3.05, 3.63) is 41.5 Å². The molecule has 2 aromatic rings. The zero-order valence-electron chi connectivity index (χ0n) is 17.4. The first kappa shape index (κ1) is 19.8. The average molecular weight is 395 g/mol. The Hall–Kier alpha value is -2.54. The van der Waals surface area contributed by atoms with Crippen molar-refractivity contribution in [2.75, 3.05) is 38.0 Å². The Balaban J connectivity index is 1.29. The fourth-order valence-corrected chi connectivity index (χ4v) is 4.28. The van der Waals surface area contributed by atoms with E-state index in [1.54, 1.807) is 0 Å². The van der Waals surface area contributed by atoms with E-state index in [-0.39, 0.29) is 0 Å². The number of piperidine rings is 1. The largest absolute Gasteiger partial charge is 0.342 e. The summed E-state index contributed by atoms with van der Waals surface area (Å²) in [6, 6.07) is 6.10. The molecule has 2 fully saturated rings. The summed E-state index contributed by atoms with van der Waals surface area (Å²) >= 11 is 0. The van der Waals surface area contributed by atoms with Crippen LogP contribution in [-0.2, 0) is 4.79 Å². The van der Waals surface area contributed by atoms with Crippen LogP contribution in [0.2, 0.25) is 0 Å². The standard InChI is InChI=1S/C22H30N6O/c1-16-13-17(2)25-22(24-16)26-19-5-6-20(23-14-19)18-7-11-27(12-8-18)15-21(29)28-9-3-4-10-28/h5-6,13-14,18H,3-4,7-12,15H2,1-2H3,(H,24,25,26). The highest BCUT2D eigenvalue weighted by atomic mass is 16.2. The van der Waals surface area contributed by atoms with Crippen molar-refractivity contribution in [2.45, 2.75) is 45.4 Å². The van der Waals surface area contributed by atoms with E-state index < -0.39 is 0 Å². The summed E-state index contributed by atoms with van der Waals surface area (Å²) < 4.78 is 0. The lowest BCUT2D eigenvalue weighted by Crippen LogP contribution is -2.42. The molecule has 2 aromatic heterocycles. The van der Waals surface area contributed by atoms with Crippen molar-refractivity contribution in [2.24, 2.45) is 0 Å². The topological polar surface area (TPSA) is 74.2 Å². The second-order valence-corrected chi connectivity index (χ2v) is 8.21. The van der Waals surface area contributed by atoms with E-state index in [1.165, 1.54) is 0 Å². The minimum Gasteiger partial charge on any atom is -0.342 e. The Morgan fingerprint density at radius 1 is 1.07 bits per heavy atom. The predicted molar refractivity (Wildman–Crippen MR) is 113 cm³/mol. The Kier molecular flexibility index (Phi) is 6.04. The Morgan fingerprint density at radius 3 is 2.38 bits per heavy atom. The van der Waals surface area contributed by atoms with Gasteiger partial charge in [-0.2, -0.15) is 0 Å². The normalized spacial score (nSPS) is 18.2. The van der Waals surface area contributed by atoms with Gasteiger partial charge in [0.05, 0.1) is 18.4 Å². The minimum atomic E-state index is 0.295. The highest BCUT2D eigenvalue weighted by Crippen LogP contribution is 2.27. The molecule has 0 aliphatic carbocycles. The second kappa shape index (κ2) is 8.86. The van der Waals surface area contributed by atoms with Crippen LogP contribution in [0, 0.1) is 13.8 Å². The summed E-state index contributed by atoms with van der Waals surface area (Å²) in [5.41, 5.74) is 3.91. The summed E-state index contributed by atoms with van der Waals surface area (Å²) in [4.78, 5) is 30.2. The quantitative estimate of drug-likeness (QED) is 0.840. The number of hydrogen-bond donors (Lipinski definition) is 1. The lowest BCUT2D eigenvalue weighted by Gasteiger charge is -2.32. The second-order valence-electron chi connectivity index (χ2n) is 8.21. The van der Waals surface area contributed by atoms with E-state index in [0.29, 0.717) is 24.3 Å². The van der Waals surface area contributed by atoms with Crippen molar-refractivity contribution >= 4 is 17.5 Å². The van der Waals surface area contributed by atoms with Crippen LogP contribution < -0.4 is 5.32 Å². The third-order valence-electron chi connectivity index (χ3n) is 5.85. The first-order chi connectivity index (χ1) is 14.1. The van der Waals surface area contributed by atoms with Gasteiger partial charge in [0.15, 0.2) is 0 Å². The molecule has 2 aliphatic heterocycles. The maximum atomic E-state index is 12.3. The molecule has 4 rings (SSSR count). The molecule has 154 valence electrons. The first-order valence-electron chi connectivity index (χ1n) is 10.6. The number of likely N-dealkylation sites (tertiary alicyclic amines) is 2. The van der Waals surface area contributed by atoms with Crippen molar-refractivity contribution in [1.82, 2.24) is 24.8 Å². The lowest BCUT2D eigenvalue weighted by molar-refractivity contribution is -0.131. The van der Waals surface area contributed by atoms with Crippen LogP contribution in [0.1, 0.15) is 48.7 Å². The van der Waals surface area contributed by atoms with Crippen LogP contribution in [0.4, 0.5) is 11.6 Å².